The number of carbonyl (C=O) groups is 2. The third-order valence-electron chi connectivity index (χ3n) is 8.65. The number of allylic oxidation sites excluding steroid dienone is 2. The third-order valence-corrected chi connectivity index (χ3v) is 8.65. The summed E-state index contributed by atoms with van der Waals surface area (Å²) in [6, 6.07) is 9.25. The molecule has 1 aliphatic heterocycles. The minimum absolute atomic E-state index is 0. The Balaban J connectivity index is -0.000000596. The molecule has 1 aromatic rings. The predicted octanol–water partition coefficient (Wildman–Crippen LogP) is 10.4. The minimum Gasteiger partial charge on any atom is -0.317 e. The van der Waals surface area contributed by atoms with Crippen LogP contribution in [0.1, 0.15) is 139 Å². The molecule has 2 saturated carbocycles. The van der Waals surface area contributed by atoms with Crippen molar-refractivity contribution in [2.24, 2.45) is 27.7 Å². The number of aliphatic imine (C=N–C) groups is 2. The summed E-state index contributed by atoms with van der Waals surface area (Å²) >= 11 is 0. The van der Waals surface area contributed by atoms with Gasteiger partial charge in [-0.1, -0.05) is 96.9 Å². The average Bonchev–Trinajstić information content (AvgIpc) is 3.33. The Morgan fingerprint density at radius 1 is 0.977 bits per heavy atom. The molecule has 2 fully saturated rings. The van der Waals surface area contributed by atoms with Gasteiger partial charge in [0.05, 0.1) is 0 Å². The molecule has 2 atom stereocenters. The Hall–Kier alpha value is -2.40. The summed E-state index contributed by atoms with van der Waals surface area (Å²) < 4.78 is 0. The number of aryl methyl sites for hydroxylation is 2. The summed E-state index contributed by atoms with van der Waals surface area (Å²) in [5, 5.41) is 3.26. The van der Waals surface area contributed by atoms with Crippen LogP contribution in [-0.4, -0.2) is 44.1 Å². The highest BCUT2D eigenvalue weighted by Crippen LogP contribution is 2.26. The van der Waals surface area contributed by atoms with Crippen LogP contribution in [0.2, 0.25) is 0 Å². The number of rotatable bonds is 7. The molecule has 4 rings (SSSR count). The van der Waals surface area contributed by atoms with Crippen LogP contribution in [0.15, 0.2) is 45.5 Å². The molecule has 0 saturated heterocycles. The lowest BCUT2D eigenvalue weighted by molar-refractivity contribution is -0.120. The Bertz CT molecular complexity index is 1020. The zero-order valence-electron chi connectivity index (χ0n) is 28.9. The van der Waals surface area contributed by atoms with Crippen LogP contribution in [-0.2, 0) is 16.0 Å². The molecule has 1 aromatic carbocycles. The predicted molar refractivity (Wildman–Crippen MR) is 197 cm³/mol. The number of nitrogens with zero attached hydrogens (tertiary/aromatic N) is 2. The number of hydrogen-bond donors (Lipinski definition) is 1. The fourth-order valence-electron chi connectivity index (χ4n) is 6.15. The van der Waals surface area contributed by atoms with Gasteiger partial charge in [-0.2, -0.15) is 0 Å². The van der Waals surface area contributed by atoms with E-state index in [0.29, 0.717) is 23.5 Å². The molecule has 3 aliphatic rings. The van der Waals surface area contributed by atoms with Crippen LogP contribution < -0.4 is 5.32 Å². The maximum Gasteiger partial charge on any atom is 0.133 e. The maximum absolute atomic E-state index is 12.1. The van der Waals surface area contributed by atoms with Crippen molar-refractivity contribution >= 4 is 24.0 Å². The Labute approximate surface area is 274 Å². The van der Waals surface area contributed by atoms with Crippen molar-refractivity contribution in [3.8, 4) is 0 Å². The number of benzene rings is 1. The van der Waals surface area contributed by atoms with E-state index in [-0.39, 0.29) is 16.1 Å². The first-order chi connectivity index (χ1) is 20.6. The molecule has 2 unspecified atom stereocenters. The number of ketones is 2. The van der Waals surface area contributed by atoms with Crippen LogP contribution >= 0.6 is 0 Å². The normalized spacial score (nSPS) is 20.5. The maximum atomic E-state index is 12.1. The van der Waals surface area contributed by atoms with E-state index in [1.54, 1.807) is 0 Å². The first-order valence-corrected chi connectivity index (χ1v) is 16.9. The lowest BCUT2D eigenvalue weighted by Crippen LogP contribution is -2.20. The topological polar surface area (TPSA) is 70.9 Å². The molecule has 0 aromatic heterocycles. The Kier molecular flexibility index (Phi) is 23.5. The van der Waals surface area contributed by atoms with Crippen molar-refractivity contribution in [2.45, 2.75) is 145 Å². The summed E-state index contributed by atoms with van der Waals surface area (Å²) in [4.78, 5) is 30.0. The highest BCUT2D eigenvalue weighted by atomic mass is 16.1. The van der Waals surface area contributed by atoms with Gasteiger partial charge >= 0.3 is 0 Å². The van der Waals surface area contributed by atoms with Crippen molar-refractivity contribution in [1.29, 1.82) is 0 Å². The van der Waals surface area contributed by atoms with Gasteiger partial charge in [-0.3, -0.25) is 14.8 Å². The molecule has 0 radical (unpaired) electrons. The highest BCUT2D eigenvalue weighted by molar-refractivity contribution is 5.81. The first-order valence-electron chi connectivity index (χ1n) is 16.9. The van der Waals surface area contributed by atoms with Crippen LogP contribution in [0, 0.1) is 24.7 Å². The van der Waals surface area contributed by atoms with E-state index in [0.717, 1.165) is 31.0 Å². The third kappa shape index (κ3) is 19.1. The summed E-state index contributed by atoms with van der Waals surface area (Å²) in [5.41, 5.74) is 5.03. The van der Waals surface area contributed by atoms with E-state index in [9.17, 15) is 9.59 Å². The second-order valence-corrected chi connectivity index (χ2v) is 13.0. The standard InChI is InChI=1S/C18H26O.C11H18N2.C6H13N.C3H6O.CH4.2H2/c1-15-8-6-7-11-17(15)12-13-18(19)14-16-9-4-2-3-5-10-16;1-8-5-9(2)11(7-12-4)10(3)13-6-8;1-7-6-4-2-3-5-6;1-3(2)4;;;/h6-8,11,16H,2-5,9-10,12-14H2,1H3;6-9H,5H2,1-4H3;6-7H,2-5H2,1H3;1-2H3;1H4;2*1H. The van der Waals surface area contributed by atoms with Crippen molar-refractivity contribution in [2.75, 3.05) is 14.1 Å². The Morgan fingerprint density at radius 3 is 2.07 bits per heavy atom. The molecule has 5 heteroatoms. The fraction of sp³-hybridized carbons (Fsp3) is 0.692. The first kappa shape index (κ1) is 41.6. The molecule has 254 valence electrons. The van der Waals surface area contributed by atoms with Crippen molar-refractivity contribution in [3.05, 3.63) is 46.7 Å². The van der Waals surface area contributed by atoms with Gasteiger partial charge in [0.1, 0.15) is 11.6 Å². The number of Topliss-reactive ketones (excluding diaryl/α,β-unsaturated/α-hetero) is 2. The molecule has 0 spiro atoms. The largest absolute Gasteiger partial charge is 0.317 e. The summed E-state index contributed by atoms with van der Waals surface area (Å²) in [6.45, 7) is 11.7. The fourth-order valence-corrected chi connectivity index (χ4v) is 6.15. The second-order valence-electron chi connectivity index (χ2n) is 13.0. The number of nitrogens with one attached hydrogen (secondary N) is 1. The molecule has 1 N–H and O–H groups in total. The van der Waals surface area contributed by atoms with Crippen LogP contribution in [0.3, 0.4) is 0 Å². The number of carbonyl (C=O) groups excluding carboxylic acids is 2. The zero-order chi connectivity index (χ0) is 32.0. The smallest absolute Gasteiger partial charge is 0.133 e. The van der Waals surface area contributed by atoms with E-state index in [2.05, 4.69) is 74.3 Å². The molecular formula is C39H71N3O2. The van der Waals surface area contributed by atoms with Gasteiger partial charge in [-0.05, 0) is 94.9 Å². The zero-order valence-corrected chi connectivity index (χ0v) is 28.9. The van der Waals surface area contributed by atoms with Gasteiger partial charge in [0.2, 0.25) is 0 Å². The van der Waals surface area contributed by atoms with Crippen LogP contribution in [0.5, 0.6) is 0 Å². The van der Waals surface area contributed by atoms with Gasteiger partial charge < -0.3 is 10.1 Å². The van der Waals surface area contributed by atoms with Gasteiger partial charge in [-0.15, -0.1) is 0 Å². The average molecular weight is 614 g/mol. The monoisotopic (exact) mass is 614 g/mol. The molecule has 2 aliphatic carbocycles. The van der Waals surface area contributed by atoms with E-state index in [1.165, 1.54) is 101 Å². The van der Waals surface area contributed by atoms with Gasteiger partial charge in [0.25, 0.3) is 0 Å². The second kappa shape index (κ2) is 24.9. The van der Waals surface area contributed by atoms with E-state index in [1.807, 2.05) is 19.5 Å². The number of hydrogen-bond acceptors (Lipinski definition) is 5. The van der Waals surface area contributed by atoms with E-state index >= 15 is 0 Å². The SMILES string of the molecule is C.CC(C)=O.CN=CC1=C(C)N=CC(C)CC1C.CNC1CCCC1.Cc1ccccc1CCC(=O)CC1CCCCCC1.[HH].[HH]. The molecule has 0 amide bonds. The van der Waals surface area contributed by atoms with Crippen molar-refractivity contribution in [3.63, 3.8) is 0 Å². The minimum atomic E-state index is 0. The van der Waals surface area contributed by atoms with Gasteiger partial charge in [-0.25, -0.2) is 0 Å². The van der Waals surface area contributed by atoms with Crippen molar-refractivity contribution in [1.82, 2.24) is 5.32 Å². The van der Waals surface area contributed by atoms with Gasteiger partial charge in [0, 0.05) is 46.9 Å². The van der Waals surface area contributed by atoms with Crippen LogP contribution in [0.25, 0.3) is 0 Å². The summed E-state index contributed by atoms with van der Waals surface area (Å²) in [7, 11) is 3.86. The van der Waals surface area contributed by atoms with E-state index in [4.69, 9.17) is 0 Å². The lowest BCUT2D eigenvalue weighted by atomic mass is 9.92. The van der Waals surface area contributed by atoms with Gasteiger partial charge in [0.15, 0.2) is 0 Å². The lowest BCUT2D eigenvalue weighted by Gasteiger charge is -2.13. The van der Waals surface area contributed by atoms with E-state index < -0.39 is 0 Å². The Morgan fingerprint density at radius 2 is 1.55 bits per heavy atom. The molecule has 1 heterocycles. The highest BCUT2D eigenvalue weighted by Gasteiger charge is 2.17. The van der Waals surface area contributed by atoms with Crippen molar-refractivity contribution < 1.29 is 12.4 Å². The molecule has 5 nitrogen and oxygen atoms in total. The molecular weight excluding hydrogens is 542 g/mol. The summed E-state index contributed by atoms with van der Waals surface area (Å²) in [6.07, 6.45) is 21.2. The summed E-state index contributed by atoms with van der Waals surface area (Å²) in [5.74, 6) is 2.45. The van der Waals surface area contributed by atoms with Crippen LogP contribution in [0.4, 0.5) is 0 Å². The molecule has 44 heavy (non-hydrogen) atoms. The quantitative estimate of drug-likeness (QED) is 0.246. The molecule has 0 bridgehead atoms.